The topological polar surface area (TPSA) is 83.8 Å². The van der Waals surface area contributed by atoms with Gasteiger partial charge in [0.15, 0.2) is 29.0 Å². The molecule has 21 heavy (non-hydrogen) atoms. The van der Waals surface area contributed by atoms with Crippen LogP contribution in [0.15, 0.2) is 0 Å². The van der Waals surface area contributed by atoms with Crippen LogP contribution in [0.1, 0.15) is 16.2 Å². The highest BCUT2D eigenvalue weighted by Crippen LogP contribution is 2.27. The van der Waals surface area contributed by atoms with Gasteiger partial charge < -0.3 is 11.1 Å². The minimum Gasteiger partial charge on any atom is -0.395 e. The van der Waals surface area contributed by atoms with Crippen LogP contribution in [0.3, 0.4) is 0 Å². The summed E-state index contributed by atoms with van der Waals surface area (Å²) in [4.78, 5) is 11.7. The minimum atomic E-state index is -2.32. The van der Waals surface area contributed by atoms with Crippen LogP contribution < -0.4 is 11.1 Å². The van der Waals surface area contributed by atoms with Crippen LogP contribution in [0.4, 0.5) is 33.3 Å². The monoisotopic (exact) mass is 306 g/mol. The summed E-state index contributed by atoms with van der Waals surface area (Å²) in [6.07, 6.45) is 0. The number of nitrogen functional groups attached to an aromatic ring is 1. The molecule has 1 amide bonds. The number of H-pyrrole nitrogens is 1. The van der Waals surface area contributed by atoms with E-state index >= 15 is 0 Å². The summed E-state index contributed by atoms with van der Waals surface area (Å²) in [6.45, 7) is 1.47. The van der Waals surface area contributed by atoms with Crippen molar-refractivity contribution in [3.05, 3.63) is 40.5 Å². The number of carbonyl (C=O) groups excluding carboxylic acids is 1. The number of hydrogen-bond acceptors (Lipinski definition) is 3. The van der Waals surface area contributed by atoms with Crippen molar-refractivity contribution < 1.29 is 26.7 Å². The van der Waals surface area contributed by atoms with Gasteiger partial charge in [0.05, 0.1) is 11.4 Å². The van der Waals surface area contributed by atoms with Crippen LogP contribution in [0, 0.1) is 36.0 Å². The van der Waals surface area contributed by atoms with Crippen LogP contribution >= 0.6 is 0 Å². The normalized spacial score (nSPS) is 10.8. The minimum absolute atomic E-state index is 0.114. The van der Waals surface area contributed by atoms with Gasteiger partial charge in [-0.15, -0.1) is 0 Å². The number of hydrogen-bond donors (Lipinski definition) is 3. The predicted octanol–water partition coefficient (Wildman–Crippen LogP) is 2.25. The highest BCUT2D eigenvalue weighted by atomic mass is 19.2. The third-order valence-electron chi connectivity index (χ3n) is 2.66. The van der Waals surface area contributed by atoms with Crippen LogP contribution in [-0.2, 0) is 0 Å². The van der Waals surface area contributed by atoms with Gasteiger partial charge in [0, 0.05) is 0 Å². The molecular formula is C11H7F5N4O. The number of carbonyl (C=O) groups is 1. The molecule has 1 aromatic heterocycles. The molecule has 2 aromatic rings. The summed E-state index contributed by atoms with van der Waals surface area (Å²) in [7, 11) is 0. The number of aromatic nitrogens is 2. The second kappa shape index (κ2) is 5.04. The average molecular weight is 306 g/mol. The molecule has 5 nitrogen and oxygen atoms in total. The largest absolute Gasteiger partial charge is 0.395 e. The van der Waals surface area contributed by atoms with Crippen LogP contribution in [0.5, 0.6) is 0 Å². The van der Waals surface area contributed by atoms with Gasteiger partial charge in [-0.25, -0.2) is 22.0 Å². The highest BCUT2D eigenvalue weighted by Gasteiger charge is 2.28. The van der Waals surface area contributed by atoms with Gasteiger partial charge in [-0.2, -0.15) is 5.10 Å². The highest BCUT2D eigenvalue weighted by molar-refractivity contribution is 6.06. The number of benzene rings is 1. The zero-order chi connectivity index (χ0) is 15.9. The molecule has 0 aliphatic carbocycles. The van der Waals surface area contributed by atoms with Crippen molar-refractivity contribution in [2.45, 2.75) is 6.92 Å². The van der Waals surface area contributed by atoms with Crippen LogP contribution in [0.25, 0.3) is 0 Å². The van der Waals surface area contributed by atoms with E-state index in [-0.39, 0.29) is 5.69 Å². The van der Waals surface area contributed by atoms with Gasteiger partial charge in [0.1, 0.15) is 5.69 Å². The molecule has 0 saturated carbocycles. The van der Waals surface area contributed by atoms with E-state index in [9.17, 15) is 26.7 Å². The van der Waals surface area contributed by atoms with E-state index < -0.39 is 46.4 Å². The average Bonchev–Trinajstić information content (AvgIpc) is 2.79. The van der Waals surface area contributed by atoms with Crippen LogP contribution in [0.2, 0.25) is 0 Å². The Hall–Kier alpha value is -2.65. The fourth-order valence-electron chi connectivity index (χ4n) is 1.50. The molecule has 0 unspecified atom stereocenters. The van der Waals surface area contributed by atoms with Crippen molar-refractivity contribution in [2.24, 2.45) is 0 Å². The maximum Gasteiger partial charge on any atom is 0.278 e. The molecule has 0 fully saturated rings. The Morgan fingerprint density at radius 1 is 1.05 bits per heavy atom. The van der Waals surface area contributed by atoms with Crippen LogP contribution in [-0.4, -0.2) is 16.1 Å². The van der Waals surface area contributed by atoms with Gasteiger partial charge in [-0.3, -0.25) is 9.89 Å². The van der Waals surface area contributed by atoms with Crippen molar-refractivity contribution in [3.8, 4) is 0 Å². The second-order valence-corrected chi connectivity index (χ2v) is 4.01. The van der Waals surface area contributed by atoms with Crippen molar-refractivity contribution in [2.75, 3.05) is 11.1 Å². The Morgan fingerprint density at radius 2 is 1.52 bits per heavy atom. The first-order chi connectivity index (χ1) is 9.75. The summed E-state index contributed by atoms with van der Waals surface area (Å²) in [5.41, 5.74) is 3.75. The summed E-state index contributed by atoms with van der Waals surface area (Å²) in [5.74, 6) is -12.2. The number of anilines is 2. The summed E-state index contributed by atoms with van der Waals surface area (Å²) in [5, 5.41) is 7.36. The summed E-state index contributed by atoms with van der Waals surface area (Å²) >= 11 is 0. The number of nitrogens with one attached hydrogen (secondary N) is 2. The standard InChI is InChI=1S/C11H7F5N4O/c1-2-8(17)10(20-19-2)11(21)18-9-6(15)4(13)3(12)5(14)7(9)16/h17H2,1H3,(H,18,21)(H,19,20). The van der Waals surface area contributed by atoms with Gasteiger partial charge in [0.25, 0.3) is 5.91 Å². The molecule has 1 heterocycles. The quantitative estimate of drug-likeness (QED) is 0.452. The number of aromatic amines is 1. The van der Waals surface area contributed by atoms with Crippen molar-refractivity contribution >= 4 is 17.3 Å². The number of rotatable bonds is 2. The third-order valence-corrected chi connectivity index (χ3v) is 2.66. The Bertz CT molecular complexity index is 714. The molecule has 0 aliphatic rings. The summed E-state index contributed by atoms with van der Waals surface area (Å²) < 4.78 is 65.6. The molecule has 0 bridgehead atoms. The number of aryl methyl sites for hydroxylation is 1. The Morgan fingerprint density at radius 3 is 1.95 bits per heavy atom. The lowest BCUT2D eigenvalue weighted by molar-refractivity contribution is 0.102. The smallest absolute Gasteiger partial charge is 0.278 e. The number of nitrogens with zero attached hydrogens (tertiary/aromatic N) is 1. The predicted molar refractivity (Wildman–Crippen MR) is 61.9 cm³/mol. The maximum absolute atomic E-state index is 13.4. The first-order valence-electron chi connectivity index (χ1n) is 5.38. The molecule has 1 aromatic carbocycles. The van der Waals surface area contributed by atoms with Crippen molar-refractivity contribution in [1.29, 1.82) is 0 Å². The van der Waals surface area contributed by atoms with E-state index in [1.54, 1.807) is 5.32 Å². The lowest BCUT2D eigenvalue weighted by Gasteiger charge is -2.09. The van der Waals surface area contributed by atoms with Gasteiger partial charge >= 0.3 is 0 Å². The number of amides is 1. The van der Waals surface area contributed by atoms with Gasteiger partial charge in [0.2, 0.25) is 5.82 Å². The van der Waals surface area contributed by atoms with Crippen molar-refractivity contribution in [1.82, 2.24) is 10.2 Å². The van der Waals surface area contributed by atoms with E-state index in [1.807, 2.05) is 0 Å². The fraction of sp³-hybridized carbons (Fsp3) is 0.0909. The molecule has 0 radical (unpaired) electrons. The maximum atomic E-state index is 13.4. The van der Waals surface area contributed by atoms with Gasteiger partial charge in [-0.05, 0) is 6.92 Å². The second-order valence-electron chi connectivity index (χ2n) is 4.01. The molecule has 10 heteroatoms. The SMILES string of the molecule is Cc1[nH]nc(C(=O)Nc2c(F)c(F)c(F)c(F)c2F)c1N. The van der Waals surface area contributed by atoms with E-state index in [4.69, 9.17) is 5.73 Å². The first-order valence-corrected chi connectivity index (χ1v) is 5.38. The molecule has 0 spiro atoms. The molecule has 0 aliphatic heterocycles. The van der Waals surface area contributed by atoms with Gasteiger partial charge in [-0.1, -0.05) is 0 Å². The molecular weight excluding hydrogens is 299 g/mol. The zero-order valence-electron chi connectivity index (χ0n) is 10.3. The Kier molecular flexibility index (Phi) is 3.54. The van der Waals surface area contributed by atoms with E-state index in [0.717, 1.165) is 0 Å². The van der Waals surface area contributed by atoms with E-state index in [0.29, 0.717) is 5.69 Å². The first kappa shape index (κ1) is 14.8. The molecule has 112 valence electrons. The zero-order valence-corrected chi connectivity index (χ0v) is 10.3. The molecule has 4 N–H and O–H groups in total. The lowest BCUT2D eigenvalue weighted by Crippen LogP contribution is -2.18. The summed E-state index contributed by atoms with van der Waals surface area (Å²) in [6, 6.07) is 0. The van der Waals surface area contributed by atoms with E-state index in [1.165, 1.54) is 6.92 Å². The van der Waals surface area contributed by atoms with Crippen molar-refractivity contribution in [3.63, 3.8) is 0 Å². The Labute approximate surface area is 113 Å². The Balaban J connectivity index is 2.45. The number of nitrogens with two attached hydrogens (primary N) is 1. The fourth-order valence-corrected chi connectivity index (χ4v) is 1.50. The lowest BCUT2D eigenvalue weighted by atomic mass is 10.2. The number of halogens is 5. The molecule has 0 atom stereocenters. The third kappa shape index (κ3) is 2.28. The van der Waals surface area contributed by atoms with E-state index in [2.05, 4.69) is 10.2 Å². The molecule has 2 rings (SSSR count). The molecule has 0 saturated heterocycles.